The number of amides is 1. The van der Waals surface area contributed by atoms with E-state index in [1.807, 2.05) is 13.8 Å². The number of hydrogen-bond acceptors (Lipinski definition) is 2. The molecule has 1 fully saturated rings. The lowest BCUT2D eigenvalue weighted by Crippen LogP contribution is -2.34. The van der Waals surface area contributed by atoms with Gasteiger partial charge in [0, 0.05) is 6.04 Å². The summed E-state index contributed by atoms with van der Waals surface area (Å²) >= 11 is 0. The zero-order valence-corrected chi connectivity index (χ0v) is 13.7. The molecule has 0 saturated heterocycles. The lowest BCUT2D eigenvalue weighted by Gasteiger charge is -2.15. The van der Waals surface area contributed by atoms with Crippen LogP contribution in [0.25, 0.3) is 5.69 Å². The molecule has 1 amide bonds. The topological polar surface area (TPSA) is 46.9 Å². The van der Waals surface area contributed by atoms with Crippen LogP contribution < -0.4 is 5.32 Å². The first kappa shape index (κ1) is 15.7. The van der Waals surface area contributed by atoms with E-state index in [9.17, 15) is 9.18 Å². The van der Waals surface area contributed by atoms with E-state index in [0.717, 1.165) is 11.4 Å². The van der Waals surface area contributed by atoms with Crippen molar-refractivity contribution in [1.82, 2.24) is 15.1 Å². The number of benzene rings is 1. The molecule has 1 aromatic heterocycles. The van der Waals surface area contributed by atoms with E-state index in [-0.39, 0.29) is 23.7 Å². The van der Waals surface area contributed by atoms with E-state index in [4.69, 9.17) is 0 Å². The molecular weight excluding hydrogens is 293 g/mol. The van der Waals surface area contributed by atoms with E-state index >= 15 is 0 Å². The molecule has 0 spiro atoms. The number of carbonyl (C=O) groups excluding carboxylic acids is 1. The minimum atomic E-state index is -0.289. The number of nitrogens with one attached hydrogen (secondary N) is 1. The van der Waals surface area contributed by atoms with Gasteiger partial charge in [0.15, 0.2) is 0 Å². The van der Waals surface area contributed by atoms with Gasteiger partial charge >= 0.3 is 0 Å². The predicted molar refractivity (Wildman–Crippen MR) is 87.3 cm³/mol. The summed E-state index contributed by atoms with van der Waals surface area (Å²) in [5.74, 6) is 0.359. The van der Waals surface area contributed by atoms with Gasteiger partial charge in [-0.3, -0.25) is 4.79 Å². The smallest absolute Gasteiger partial charge is 0.255 e. The largest absolute Gasteiger partial charge is 0.349 e. The first-order valence-electron chi connectivity index (χ1n) is 8.12. The average Bonchev–Trinajstić information content (AvgIpc) is 3.26. The molecule has 0 radical (unpaired) electrons. The third kappa shape index (κ3) is 3.28. The highest BCUT2D eigenvalue weighted by molar-refractivity contribution is 5.95. The van der Waals surface area contributed by atoms with Gasteiger partial charge in [-0.05, 0) is 55.9 Å². The van der Waals surface area contributed by atoms with Crippen molar-refractivity contribution in [3.63, 3.8) is 0 Å². The highest BCUT2D eigenvalue weighted by Crippen LogP contribution is 2.32. The summed E-state index contributed by atoms with van der Waals surface area (Å²) in [5.41, 5.74) is 2.19. The summed E-state index contributed by atoms with van der Waals surface area (Å²) in [6.07, 6.45) is 3.98. The number of rotatable bonds is 5. The Bertz CT molecular complexity index is 702. The summed E-state index contributed by atoms with van der Waals surface area (Å²) in [4.78, 5) is 12.6. The molecule has 5 heteroatoms. The minimum Gasteiger partial charge on any atom is -0.349 e. The summed E-state index contributed by atoms with van der Waals surface area (Å²) in [7, 11) is 0. The fourth-order valence-electron chi connectivity index (χ4n) is 2.88. The Morgan fingerprint density at radius 1 is 1.26 bits per heavy atom. The number of halogens is 1. The molecule has 4 nitrogen and oxygen atoms in total. The van der Waals surface area contributed by atoms with Gasteiger partial charge in [-0.25, -0.2) is 9.07 Å². The second-order valence-electron chi connectivity index (χ2n) is 6.59. The van der Waals surface area contributed by atoms with Crippen molar-refractivity contribution in [2.75, 3.05) is 0 Å². The lowest BCUT2D eigenvalue weighted by atomic mass is 10.0. The van der Waals surface area contributed by atoms with Crippen molar-refractivity contribution in [3.8, 4) is 5.69 Å². The van der Waals surface area contributed by atoms with Gasteiger partial charge in [0.25, 0.3) is 5.91 Å². The Balaban J connectivity index is 1.91. The van der Waals surface area contributed by atoms with Crippen LogP contribution >= 0.6 is 0 Å². The molecule has 1 heterocycles. The van der Waals surface area contributed by atoms with Gasteiger partial charge in [-0.1, -0.05) is 13.8 Å². The zero-order valence-electron chi connectivity index (χ0n) is 13.7. The molecule has 1 unspecified atom stereocenters. The van der Waals surface area contributed by atoms with Crippen LogP contribution in [0.2, 0.25) is 0 Å². The van der Waals surface area contributed by atoms with Crippen LogP contribution in [0.3, 0.4) is 0 Å². The van der Waals surface area contributed by atoms with Gasteiger partial charge in [0.1, 0.15) is 5.82 Å². The second-order valence-corrected chi connectivity index (χ2v) is 6.59. The number of hydrogen-bond donors (Lipinski definition) is 1. The van der Waals surface area contributed by atoms with Crippen LogP contribution in [0, 0.1) is 11.7 Å². The van der Waals surface area contributed by atoms with Crippen molar-refractivity contribution in [3.05, 3.63) is 47.5 Å². The molecule has 23 heavy (non-hydrogen) atoms. The summed E-state index contributed by atoms with van der Waals surface area (Å²) in [6.45, 7) is 6.10. The van der Waals surface area contributed by atoms with Crippen molar-refractivity contribution in [2.45, 2.75) is 45.6 Å². The molecule has 1 aliphatic carbocycles. The van der Waals surface area contributed by atoms with Crippen LogP contribution in [-0.4, -0.2) is 21.7 Å². The van der Waals surface area contributed by atoms with E-state index in [0.29, 0.717) is 11.5 Å². The second kappa shape index (κ2) is 6.14. The number of aromatic nitrogens is 2. The Morgan fingerprint density at radius 3 is 2.48 bits per heavy atom. The maximum absolute atomic E-state index is 13.1. The number of nitrogens with zero attached hydrogens (tertiary/aromatic N) is 2. The molecule has 122 valence electrons. The Labute approximate surface area is 135 Å². The van der Waals surface area contributed by atoms with Gasteiger partial charge in [0.05, 0.1) is 23.1 Å². The first-order valence-corrected chi connectivity index (χ1v) is 8.12. The molecule has 1 N–H and O–H groups in total. The van der Waals surface area contributed by atoms with Crippen LogP contribution in [0.5, 0.6) is 0 Å². The normalized spacial score (nSPS) is 15.7. The van der Waals surface area contributed by atoms with E-state index < -0.39 is 0 Å². The Morgan fingerprint density at radius 2 is 1.91 bits per heavy atom. The lowest BCUT2D eigenvalue weighted by molar-refractivity contribution is 0.0934. The standard InChI is InChI=1S/C18H22FN3O/c1-11(2)17-16(18(23)21-12(3)13-4-5-13)10-20-22(17)15-8-6-14(19)7-9-15/h6-13H,4-5H2,1-3H3,(H,21,23). The first-order chi connectivity index (χ1) is 11.0. The van der Waals surface area contributed by atoms with Crippen molar-refractivity contribution in [1.29, 1.82) is 0 Å². The highest BCUT2D eigenvalue weighted by Gasteiger charge is 2.30. The van der Waals surface area contributed by atoms with Crippen LogP contribution in [0.15, 0.2) is 30.5 Å². The van der Waals surface area contributed by atoms with Crippen LogP contribution in [-0.2, 0) is 0 Å². The third-order valence-electron chi connectivity index (χ3n) is 4.36. The summed E-state index contributed by atoms with van der Waals surface area (Å²) in [5, 5.41) is 7.43. The Kier molecular flexibility index (Phi) is 4.20. The van der Waals surface area contributed by atoms with E-state index in [1.165, 1.54) is 25.0 Å². The van der Waals surface area contributed by atoms with E-state index in [1.54, 1.807) is 23.0 Å². The monoisotopic (exact) mass is 315 g/mol. The Hall–Kier alpha value is -2.17. The molecule has 2 aromatic rings. The van der Waals surface area contributed by atoms with Crippen molar-refractivity contribution < 1.29 is 9.18 Å². The molecule has 1 atom stereocenters. The van der Waals surface area contributed by atoms with Gasteiger partial charge < -0.3 is 5.32 Å². The molecule has 1 saturated carbocycles. The average molecular weight is 315 g/mol. The predicted octanol–water partition coefficient (Wildman–Crippen LogP) is 3.66. The molecule has 3 rings (SSSR count). The van der Waals surface area contributed by atoms with Crippen LogP contribution in [0.4, 0.5) is 4.39 Å². The van der Waals surface area contributed by atoms with Gasteiger partial charge in [0.2, 0.25) is 0 Å². The maximum atomic E-state index is 13.1. The molecule has 1 aromatic carbocycles. The zero-order chi connectivity index (χ0) is 16.6. The van der Waals surface area contributed by atoms with E-state index in [2.05, 4.69) is 17.3 Å². The van der Waals surface area contributed by atoms with Crippen molar-refractivity contribution in [2.24, 2.45) is 5.92 Å². The SMILES string of the molecule is CC(C)c1c(C(=O)NC(C)C2CC2)cnn1-c1ccc(F)cc1. The number of carbonyl (C=O) groups is 1. The molecule has 0 aliphatic heterocycles. The molecule has 1 aliphatic rings. The fraction of sp³-hybridized carbons (Fsp3) is 0.444. The highest BCUT2D eigenvalue weighted by atomic mass is 19.1. The molecule has 0 bridgehead atoms. The minimum absolute atomic E-state index is 0.0820. The maximum Gasteiger partial charge on any atom is 0.255 e. The molecular formula is C18H22FN3O. The van der Waals surface area contributed by atoms with Crippen LogP contribution in [0.1, 0.15) is 55.6 Å². The van der Waals surface area contributed by atoms with Crippen molar-refractivity contribution >= 4 is 5.91 Å². The third-order valence-corrected chi connectivity index (χ3v) is 4.36. The van der Waals surface area contributed by atoms with Gasteiger partial charge in [-0.15, -0.1) is 0 Å². The quantitative estimate of drug-likeness (QED) is 0.915. The van der Waals surface area contributed by atoms with Gasteiger partial charge in [-0.2, -0.15) is 5.10 Å². The fourth-order valence-corrected chi connectivity index (χ4v) is 2.88. The summed E-state index contributed by atoms with van der Waals surface area (Å²) < 4.78 is 14.8. The summed E-state index contributed by atoms with van der Waals surface area (Å²) in [6, 6.07) is 6.33.